The van der Waals surface area contributed by atoms with Crippen molar-refractivity contribution in [2.75, 3.05) is 18.1 Å². The van der Waals surface area contributed by atoms with E-state index in [-0.39, 0.29) is 30.5 Å². The van der Waals surface area contributed by atoms with Gasteiger partial charge in [-0.2, -0.15) is 26.3 Å². The maximum Gasteiger partial charge on any atom is 0.416 e. The Kier molecular flexibility index (Phi) is 5.38. The summed E-state index contributed by atoms with van der Waals surface area (Å²) in [7, 11) is -3.65. The third-order valence-corrected chi connectivity index (χ3v) is 5.19. The summed E-state index contributed by atoms with van der Waals surface area (Å²) in [6.07, 6.45) is -10.3. The van der Waals surface area contributed by atoms with Crippen molar-refractivity contribution in [2.45, 2.75) is 18.4 Å². The molecule has 0 amide bonds. The van der Waals surface area contributed by atoms with Gasteiger partial charge < -0.3 is 0 Å². The zero-order valence-electron chi connectivity index (χ0n) is 13.2. The number of hydrogen-bond donors (Lipinski definition) is 0. The molecular weight excluding hydrogens is 402 g/mol. The van der Waals surface area contributed by atoms with Crippen molar-refractivity contribution in [3.8, 4) is 0 Å². The predicted octanol–water partition coefficient (Wildman–Crippen LogP) is 3.06. The molecular formula is C15H10F6N2O3S. The molecule has 1 aromatic rings. The van der Waals surface area contributed by atoms with Crippen LogP contribution >= 0.6 is 0 Å². The fourth-order valence-electron chi connectivity index (χ4n) is 2.38. The van der Waals surface area contributed by atoms with Crippen LogP contribution in [0.2, 0.25) is 0 Å². The molecule has 1 aromatic carbocycles. The zero-order valence-corrected chi connectivity index (χ0v) is 14.0. The number of nitrogens with zero attached hydrogens (tertiary/aromatic N) is 2. The molecule has 12 heteroatoms. The number of aliphatic imine (C=N–C) groups is 1. The highest BCUT2D eigenvalue weighted by atomic mass is 32.2. The van der Waals surface area contributed by atoms with Gasteiger partial charge in [0.15, 0.2) is 9.84 Å². The van der Waals surface area contributed by atoms with Gasteiger partial charge in [-0.1, -0.05) is 0 Å². The first-order valence-electron chi connectivity index (χ1n) is 7.18. The molecule has 27 heavy (non-hydrogen) atoms. The van der Waals surface area contributed by atoms with Crippen molar-refractivity contribution in [1.29, 1.82) is 0 Å². The molecule has 0 spiro atoms. The first-order chi connectivity index (χ1) is 12.2. The summed E-state index contributed by atoms with van der Waals surface area (Å²) in [5.41, 5.74) is -4.80. The second-order valence-corrected chi connectivity index (χ2v) is 7.84. The number of carbonyl (C=O) groups excluding carboxylic acids is 1. The normalized spacial score (nSPS) is 18.3. The second kappa shape index (κ2) is 6.95. The van der Waals surface area contributed by atoms with Crippen LogP contribution in [0.15, 0.2) is 23.2 Å². The number of benzene rings is 1. The van der Waals surface area contributed by atoms with Crippen molar-refractivity contribution < 1.29 is 39.6 Å². The SMILES string of the molecule is [C-]#[N+]C(C(=O)c1cc(C(F)(F)F)cc(C(F)(F)F)c1)C1=NCCS(=O)(=O)C1. The molecule has 0 N–H and O–H groups in total. The lowest BCUT2D eigenvalue weighted by molar-refractivity contribution is -0.143. The van der Waals surface area contributed by atoms with Crippen molar-refractivity contribution in [2.24, 2.45) is 4.99 Å². The molecule has 0 aliphatic carbocycles. The molecule has 1 aliphatic heterocycles. The molecule has 0 bridgehead atoms. The highest BCUT2D eigenvalue weighted by Crippen LogP contribution is 2.36. The first kappa shape index (κ1) is 20.9. The van der Waals surface area contributed by atoms with E-state index in [0.717, 1.165) is 0 Å². The molecule has 1 heterocycles. The summed E-state index contributed by atoms with van der Waals surface area (Å²) in [5, 5.41) is 0. The van der Waals surface area contributed by atoms with Gasteiger partial charge in [-0.3, -0.25) is 14.6 Å². The highest BCUT2D eigenvalue weighted by Gasteiger charge is 2.40. The van der Waals surface area contributed by atoms with Crippen molar-refractivity contribution in [1.82, 2.24) is 0 Å². The number of sulfone groups is 1. The summed E-state index contributed by atoms with van der Waals surface area (Å²) in [6.45, 7) is 6.80. The number of hydrogen-bond acceptors (Lipinski definition) is 4. The van der Waals surface area contributed by atoms with Gasteiger partial charge in [0.05, 0.1) is 29.2 Å². The van der Waals surface area contributed by atoms with Crippen molar-refractivity contribution in [3.63, 3.8) is 0 Å². The van der Waals surface area contributed by atoms with Crippen LogP contribution in [0.4, 0.5) is 26.3 Å². The average Bonchev–Trinajstić information content (AvgIpc) is 2.52. The van der Waals surface area contributed by atoms with E-state index in [0.29, 0.717) is 0 Å². The minimum absolute atomic E-state index is 0.147. The lowest BCUT2D eigenvalue weighted by Gasteiger charge is -2.16. The monoisotopic (exact) mass is 412 g/mol. The number of ketones is 1. The zero-order chi connectivity index (χ0) is 20.6. The molecule has 1 unspecified atom stereocenters. The van der Waals surface area contributed by atoms with E-state index in [9.17, 15) is 39.6 Å². The van der Waals surface area contributed by atoms with Crippen LogP contribution in [0.1, 0.15) is 21.5 Å². The van der Waals surface area contributed by atoms with Crippen molar-refractivity contribution in [3.05, 3.63) is 46.3 Å². The molecule has 0 radical (unpaired) electrons. The summed E-state index contributed by atoms with van der Waals surface area (Å²) >= 11 is 0. The smallest absolute Gasteiger partial charge is 0.298 e. The molecule has 1 atom stereocenters. The summed E-state index contributed by atoms with van der Waals surface area (Å²) in [4.78, 5) is 19.0. The Hall–Kier alpha value is -2.42. The van der Waals surface area contributed by atoms with E-state index < -0.39 is 62.2 Å². The van der Waals surface area contributed by atoms with E-state index in [4.69, 9.17) is 6.57 Å². The van der Waals surface area contributed by atoms with Crippen LogP contribution in [0.5, 0.6) is 0 Å². The summed E-state index contributed by atoms with van der Waals surface area (Å²) < 4.78 is 101. The Labute approximate surface area is 149 Å². The third kappa shape index (κ3) is 4.85. The molecule has 146 valence electrons. The summed E-state index contributed by atoms with van der Waals surface area (Å²) in [5.74, 6) is -2.45. The van der Waals surface area contributed by atoms with Gasteiger partial charge in [0.1, 0.15) is 5.71 Å². The quantitative estimate of drug-likeness (QED) is 0.435. The molecule has 0 fully saturated rings. The number of alkyl halides is 6. The fraction of sp³-hybridized carbons (Fsp3) is 0.400. The van der Waals surface area contributed by atoms with Gasteiger partial charge in [0.2, 0.25) is 0 Å². The highest BCUT2D eigenvalue weighted by molar-refractivity contribution is 7.92. The van der Waals surface area contributed by atoms with Gasteiger partial charge >= 0.3 is 18.4 Å². The van der Waals surface area contributed by atoms with Crippen LogP contribution in [0.3, 0.4) is 0 Å². The Balaban J connectivity index is 2.54. The van der Waals surface area contributed by atoms with E-state index >= 15 is 0 Å². The molecule has 0 saturated carbocycles. The molecule has 1 aliphatic rings. The van der Waals surface area contributed by atoms with E-state index in [1.54, 1.807) is 0 Å². The lowest BCUT2D eigenvalue weighted by atomic mass is 9.96. The predicted molar refractivity (Wildman–Crippen MR) is 82.1 cm³/mol. The average molecular weight is 412 g/mol. The number of rotatable bonds is 3. The van der Waals surface area contributed by atoms with E-state index in [1.165, 1.54) is 0 Å². The Morgan fingerprint density at radius 1 is 1.07 bits per heavy atom. The third-order valence-electron chi connectivity index (χ3n) is 3.65. The minimum atomic E-state index is -5.16. The van der Waals surface area contributed by atoms with Crippen LogP contribution in [-0.2, 0) is 22.2 Å². The number of Topliss-reactive ketones (excluding diaryl/α,β-unsaturated/α-hetero) is 1. The van der Waals surface area contributed by atoms with Gasteiger partial charge in [-0.25, -0.2) is 15.0 Å². The van der Waals surface area contributed by atoms with Crippen LogP contribution in [-0.4, -0.2) is 44.0 Å². The molecule has 2 rings (SSSR count). The summed E-state index contributed by atoms with van der Waals surface area (Å²) in [6, 6.07) is -1.65. The van der Waals surface area contributed by atoms with Gasteiger partial charge in [0, 0.05) is 5.56 Å². The topological polar surface area (TPSA) is 67.9 Å². The van der Waals surface area contributed by atoms with Crippen molar-refractivity contribution >= 4 is 21.3 Å². The Morgan fingerprint density at radius 3 is 2.00 bits per heavy atom. The van der Waals surface area contributed by atoms with Gasteiger partial charge in [-0.05, 0) is 18.2 Å². The second-order valence-electron chi connectivity index (χ2n) is 5.66. The molecule has 5 nitrogen and oxygen atoms in total. The number of carbonyl (C=O) groups is 1. The maximum absolute atomic E-state index is 12.9. The standard InChI is InChI=1S/C15H10F6N2O3S/c1-22-12(11-7-27(25,26)3-2-23-11)13(24)8-4-9(14(16,17)18)6-10(5-8)15(19,20)21/h4-6,12H,2-3,7H2. The maximum atomic E-state index is 12.9. The molecule has 0 aromatic heterocycles. The van der Waals surface area contributed by atoms with Crippen LogP contribution < -0.4 is 0 Å². The van der Waals surface area contributed by atoms with E-state index in [1.807, 2.05) is 0 Å². The minimum Gasteiger partial charge on any atom is -0.298 e. The lowest BCUT2D eigenvalue weighted by Crippen LogP contribution is -2.37. The molecule has 0 saturated heterocycles. The first-order valence-corrected chi connectivity index (χ1v) is 9.00. The van der Waals surface area contributed by atoms with Gasteiger partial charge in [-0.15, -0.1) is 0 Å². The van der Waals surface area contributed by atoms with Gasteiger partial charge in [0.25, 0.3) is 5.78 Å². The fourth-order valence-corrected chi connectivity index (χ4v) is 3.59. The Bertz CT molecular complexity index is 910. The van der Waals surface area contributed by atoms with Crippen LogP contribution in [0, 0.1) is 6.57 Å². The van der Waals surface area contributed by atoms with Crippen LogP contribution in [0.25, 0.3) is 4.85 Å². The number of halogens is 6. The largest absolute Gasteiger partial charge is 0.416 e. The van der Waals surface area contributed by atoms with E-state index in [2.05, 4.69) is 9.84 Å². The Morgan fingerprint density at radius 2 is 1.59 bits per heavy atom.